The molecule has 0 radical (unpaired) electrons. The van der Waals surface area contributed by atoms with Gasteiger partial charge in [0.15, 0.2) is 0 Å². The Morgan fingerprint density at radius 3 is 2.58 bits per heavy atom. The SMILES string of the molecule is CNC(=O)c1cccnc1N1CCc2c(cccc2NC(=O)Nc2ccccc2F)C1. The standard InChI is InChI=1S/C23H22FN5O2/c1-25-22(30)17-7-5-12-26-21(17)29-13-11-16-15(14-29)6-4-10-19(16)27-23(31)28-20-9-3-2-8-18(20)24/h2-10,12H,11,13-14H2,1H3,(H,25,30)(H2,27,28,31). The number of benzene rings is 2. The molecule has 0 saturated heterocycles. The first-order chi connectivity index (χ1) is 15.1. The Balaban J connectivity index is 1.53. The molecule has 1 aromatic heterocycles. The molecule has 2 aromatic carbocycles. The predicted molar refractivity (Wildman–Crippen MR) is 118 cm³/mol. The van der Waals surface area contributed by atoms with Crippen LogP contribution >= 0.6 is 0 Å². The lowest BCUT2D eigenvalue weighted by Gasteiger charge is -2.32. The van der Waals surface area contributed by atoms with Crippen LogP contribution in [-0.4, -0.2) is 30.5 Å². The number of amides is 3. The largest absolute Gasteiger partial charge is 0.355 e. The summed E-state index contributed by atoms with van der Waals surface area (Å²) in [4.78, 5) is 31.1. The Kier molecular flexibility index (Phi) is 5.79. The van der Waals surface area contributed by atoms with E-state index in [4.69, 9.17) is 0 Å². The third-order valence-electron chi connectivity index (χ3n) is 5.19. The molecule has 8 heteroatoms. The van der Waals surface area contributed by atoms with E-state index in [2.05, 4.69) is 25.8 Å². The van der Waals surface area contributed by atoms with E-state index in [1.807, 2.05) is 18.2 Å². The number of pyridine rings is 1. The van der Waals surface area contributed by atoms with E-state index in [1.54, 1.807) is 37.5 Å². The molecular formula is C23H22FN5O2. The van der Waals surface area contributed by atoms with Crippen LogP contribution < -0.4 is 20.9 Å². The number of rotatable bonds is 4. The van der Waals surface area contributed by atoms with Crippen molar-refractivity contribution in [2.45, 2.75) is 13.0 Å². The molecule has 4 rings (SSSR count). The second kappa shape index (κ2) is 8.83. The highest BCUT2D eigenvalue weighted by Crippen LogP contribution is 2.30. The van der Waals surface area contributed by atoms with Gasteiger partial charge in [-0.05, 0) is 47.9 Å². The number of halogens is 1. The van der Waals surface area contributed by atoms with Crippen molar-refractivity contribution in [2.75, 3.05) is 29.1 Å². The van der Waals surface area contributed by atoms with Gasteiger partial charge in [0.05, 0.1) is 11.3 Å². The Morgan fingerprint density at radius 2 is 1.77 bits per heavy atom. The molecule has 3 aromatic rings. The number of urea groups is 1. The van der Waals surface area contributed by atoms with Crippen molar-refractivity contribution < 1.29 is 14.0 Å². The van der Waals surface area contributed by atoms with Crippen LogP contribution in [0, 0.1) is 5.82 Å². The number of carbonyl (C=O) groups excluding carboxylic acids is 2. The van der Waals surface area contributed by atoms with Crippen LogP contribution in [0.5, 0.6) is 0 Å². The normalized spacial score (nSPS) is 12.6. The van der Waals surface area contributed by atoms with Crippen molar-refractivity contribution >= 4 is 29.1 Å². The van der Waals surface area contributed by atoms with E-state index in [1.165, 1.54) is 12.1 Å². The Labute approximate surface area is 179 Å². The van der Waals surface area contributed by atoms with Crippen molar-refractivity contribution in [1.29, 1.82) is 0 Å². The Morgan fingerprint density at radius 1 is 1.00 bits per heavy atom. The highest BCUT2D eigenvalue weighted by molar-refractivity contribution is 6.00. The molecule has 1 aliphatic rings. The van der Waals surface area contributed by atoms with Crippen molar-refractivity contribution in [2.24, 2.45) is 0 Å². The lowest BCUT2D eigenvalue weighted by atomic mass is 9.97. The lowest BCUT2D eigenvalue weighted by molar-refractivity contribution is 0.0963. The number of para-hydroxylation sites is 1. The van der Waals surface area contributed by atoms with Gasteiger partial charge in [-0.2, -0.15) is 0 Å². The first-order valence-corrected chi connectivity index (χ1v) is 9.92. The second-order valence-electron chi connectivity index (χ2n) is 7.13. The van der Waals surface area contributed by atoms with Gasteiger partial charge in [-0.25, -0.2) is 14.2 Å². The van der Waals surface area contributed by atoms with Gasteiger partial charge in [0.2, 0.25) is 0 Å². The lowest BCUT2D eigenvalue weighted by Crippen LogP contribution is -2.34. The average Bonchev–Trinajstić information content (AvgIpc) is 2.80. The third-order valence-corrected chi connectivity index (χ3v) is 5.19. The fourth-order valence-electron chi connectivity index (χ4n) is 3.71. The number of anilines is 3. The molecule has 31 heavy (non-hydrogen) atoms. The van der Waals surface area contributed by atoms with E-state index in [9.17, 15) is 14.0 Å². The summed E-state index contributed by atoms with van der Waals surface area (Å²) in [6.45, 7) is 1.20. The molecule has 158 valence electrons. The van der Waals surface area contributed by atoms with Crippen LogP contribution in [0.25, 0.3) is 0 Å². The van der Waals surface area contributed by atoms with Gasteiger partial charge in [0.25, 0.3) is 5.91 Å². The minimum atomic E-state index is -0.507. The summed E-state index contributed by atoms with van der Waals surface area (Å²) in [6, 6.07) is 14.7. The molecule has 0 saturated carbocycles. The van der Waals surface area contributed by atoms with Gasteiger partial charge >= 0.3 is 6.03 Å². The first kappa shape index (κ1) is 20.3. The Hall–Kier alpha value is -3.94. The number of nitrogens with one attached hydrogen (secondary N) is 3. The molecule has 3 amide bonds. The third kappa shape index (κ3) is 4.32. The highest BCUT2D eigenvalue weighted by Gasteiger charge is 2.24. The predicted octanol–water partition coefficient (Wildman–Crippen LogP) is 3.79. The van der Waals surface area contributed by atoms with Crippen LogP contribution in [0.3, 0.4) is 0 Å². The summed E-state index contributed by atoms with van der Waals surface area (Å²) >= 11 is 0. The van der Waals surface area contributed by atoms with E-state index in [0.717, 1.165) is 11.1 Å². The first-order valence-electron chi connectivity index (χ1n) is 9.92. The molecule has 0 unspecified atom stereocenters. The fourth-order valence-corrected chi connectivity index (χ4v) is 3.71. The summed E-state index contributed by atoms with van der Waals surface area (Å²) in [6.07, 6.45) is 2.33. The minimum absolute atomic E-state index is 0.118. The molecule has 3 N–H and O–H groups in total. The van der Waals surface area contributed by atoms with E-state index >= 15 is 0 Å². The number of hydrogen-bond acceptors (Lipinski definition) is 4. The van der Waals surface area contributed by atoms with Crippen LogP contribution in [0.2, 0.25) is 0 Å². The molecule has 0 atom stereocenters. The summed E-state index contributed by atoms with van der Waals surface area (Å²) in [7, 11) is 1.59. The van der Waals surface area contributed by atoms with Crippen molar-refractivity contribution in [3.05, 3.63) is 83.3 Å². The monoisotopic (exact) mass is 419 g/mol. The number of fused-ring (bicyclic) bond motifs is 1. The van der Waals surface area contributed by atoms with E-state index < -0.39 is 11.8 Å². The van der Waals surface area contributed by atoms with E-state index in [0.29, 0.717) is 36.6 Å². The molecular weight excluding hydrogens is 397 g/mol. The van der Waals surface area contributed by atoms with Gasteiger partial charge in [-0.15, -0.1) is 0 Å². The molecule has 0 spiro atoms. The number of hydrogen-bond donors (Lipinski definition) is 3. The second-order valence-corrected chi connectivity index (χ2v) is 7.13. The quantitative estimate of drug-likeness (QED) is 0.601. The summed E-state index contributed by atoms with van der Waals surface area (Å²) < 4.78 is 13.8. The summed E-state index contributed by atoms with van der Waals surface area (Å²) in [5.41, 5.74) is 3.36. The molecule has 7 nitrogen and oxygen atoms in total. The molecule has 2 heterocycles. The van der Waals surface area contributed by atoms with Gasteiger partial charge in [0, 0.05) is 32.0 Å². The van der Waals surface area contributed by atoms with Crippen LogP contribution in [0.1, 0.15) is 21.5 Å². The number of aromatic nitrogens is 1. The topological polar surface area (TPSA) is 86.4 Å². The van der Waals surface area contributed by atoms with Crippen LogP contribution in [-0.2, 0) is 13.0 Å². The van der Waals surface area contributed by atoms with Crippen LogP contribution in [0.4, 0.5) is 26.4 Å². The minimum Gasteiger partial charge on any atom is -0.355 e. The zero-order valence-corrected chi connectivity index (χ0v) is 17.0. The molecule has 0 aliphatic carbocycles. The van der Waals surface area contributed by atoms with E-state index in [-0.39, 0.29) is 11.6 Å². The van der Waals surface area contributed by atoms with Gasteiger partial charge in [-0.3, -0.25) is 4.79 Å². The van der Waals surface area contributed by atoms with Crippen molar-refractivity contribution in [3.63, 3.8) is 0 Å². The maximum absolute atomic E-state index is 13.8. The van der Waals surface area contributed by atoms with Crippen molar-refractivity contribution in [3.8, 4) is 0 Å². The molecule has 1 aliphatic heterocycles. The van der Waals surface area contributed by atoms with Gasteiger partial charge in [-0.1, -0.05) is 24.3 Å². The maximum Gasteiger partial charge on any atom is 0.323 e. The highest BCUT2D eigenvalue weighted by atomic mass is 19.1. The zero-order chi connectivity index (χ0) is 21.8. The smallest absolute Gasteiger partial charge is 0.323 e. The zero-order valence-electron chi connectivity index (χ0n) is 17.0. The fraction of sp³-hybridized carbons (Fsp3) is 0.174. The molecule has 0 fully saturated rings. The van der Waals surface area contributed by atoms with Gasteiger partial charge < -0.3 is 20.9 Å². The number of nitrogens with zero attached hydrogens (tertiary/aromatic N) is 2. The maximum atomic E-state index is 13.8. The van der Waals surface area contributed by atoms with Crippen LogP contribution in [0.15, 0.2) is 60.8 Å². The van der Waals surface area contributed by atoms with Crippen molar-refractivity contribution in [1.82, 2.24) is 10.3 Å². The summed E-state index contributed by atoms with van der Waals surface area (Å²) in [5, 5.41) is 8.01. The number of carbonyl (C=O) groups is 2. The van der Waals surface area contributed by atoms with Gasteiger partial charge in [0.1, 0.15) is 11.6 Å². The molecule has 0 bridgehead atoms. The Bertz CT molecular complexity index is 1130. The summed E-state index contributed by atoms with van der Waals surface area (Å²) in [5.74, 6) is -0.0528. The average molecular weight is 419 g/mol.